The standard InChI is InChI=1S/C30H31N5O3/c1-4-21(33-14-19-8-6-5-7-9-19)18-38-22-10-20(15-32-16-22)26-11-23-24-12-28(36-2)29(37-3)13-27(24)34-17-25(23)30(31)35-26/h5-13,15-17,21,33H,4,14,18H2,1-3H3,(H2,31,35)/t21-/m0/s1. The van der Waals surface area contributed by atoms with E-state index in [1.54, 1.807) is 32.8 Å². The molecule has 0 fully saturated rings. The normalized spacial score (nSPS) is 12.0. The summed E-state index contributed by atoms with van der Waals surface area (Å²) in [6, 6.07) is 18.3. The second-order valence-electron chi connectivity index (χ2n) is 9.03. The van der Waals surface area contributed by atoms with Gasteiger partial charge in [-0.25, -0.2) is 4.98 Å². The fourth-order valence-corrected chi connectivity index (χ4v) is 4.42. The summed E-state index contributed by atoms with van der Waals surface area (Å²) in [4.78, 5) is 13.6. The first-order valence-electron chi connectivity index (χ1n) is 12.6. The molecule has 8 nitrogen and oxygen atoms in total. The fourth-order valence-electron chi connectivity index (χ4n) is 4.42. The molecule has 0 aliphatic rings. The topological polar surface area (TPSA) is 104 Å². The minimum absolute atomic E-state index is 0.208. The van der Waals surface area contributed by atoms with Gasteiger partial charge < -0.3 is 25.3 Å². The van der Waals surface area contributed by atoms with Gasteiger partial charge in [0.25, 0.3) is 0 Å². The first kappa shape index (κ1) is 25.2. The number of hydrogen-bond donors (Lipinski definition) is 2. The molecule has 5 rings (SSSR count). The first-order valence-corrected chi connectivity index (χ1v) is 12.6. The fraction of sp³-hybridized carbons (Fsp3) is 0.233. The molecular formula is C30H31N5O3. The van der Waals surface area contributed by atoms with E-state index in [1.165, 1.54) is 5.56 Å². The van der Waals surface area contributed by atoms with Gasteiger partial charge >= 0.3 is 0 Å². The third kappa shape index (κ3) is 5.31. The summed E-state index contributed by atoms with van der Waals surface area (Å²) in [5, 5.41) is 6.14. The van der Waals surface area contributed by atoms with Crippen LogP contribution in [0.15, 0.2) is 73.2 Å². The zero-order valence-corrected chi connectivity index (χ0v) is 21.8. The Hall–Kier alpha value is -4.43. The predicted octanol–water partition coefficient (Wildman–Crippen LogP) is 5.39. The van der Waals surface area contributed by atoms with Crippen molar-refractivity contribution >= 4 is 27.5 Å². The highest BCUT2D eigenvalue weighted by Gasteiger charge is 2.14. The number of hydrogen-bond acceptors (Lipinski definition) is 8. The Morgan fingerprint density at radius 3 is 2.45 bits per heavy atom. The third-order valence-corrected chi connectivity index (χ3v) is 6.60. The molecule has 2 aromatic carbocycles. The van der Waals surface area contributed by atoms with Crippen molar-refractivity contribution in [3.8, 4) is 28.5 Å². The summed E-state index contributed by atoms with van der Waals surface area (Å²) < 4.78 is 17.1. The van der Waals surface area contributed by atoms with Crippen molar-refractivity contribution in [2.24, 2.45) is 0 Å². The summed E-state index contributed by atoms with van der Waals surface area (Å²) in [5.74, 6) is 2.31. The summed E-state index contributed by atoms with van der Waals surface area (Å²) in [7, 11) is 3.22. The van der Waals surface area contributed by atoms with Gasteiger partial charge in [-0.3, -0.25) is 9.97 Å². The summed E-state index contributed by atoms with van der Waals surface area (Å²) in [6.45, 7) is 3.46. The van der Waals surface area contributed by atoms with Crippen molar-refractivity contribution in [1.82, 2.24) is 20.3 Å². The van der Waals surface area contributed by atoms with Crippen LogP contribution >= 0.6 is 0 Å². The number of rotatable bonds is 10. The molecule has 0 radical (unpaired) electrons. The van der Waals surface area contributed by atoms with E-state index in [2.05, 4.69) is 39.3 Å². The van der Waals surface area contributed by atoms with Crippen LogP contribution in [0, 0.1) is 0 Å². The molecule has 3 aromatic heterocycles. The number of nitrogen functional groups attached to an aromatic ring is 1. The van der Waals surface area contributed by atoms with E-state index in [0.717, 1.165) is 40.2 Å². The van der Waals surface area contributed by atoms with Gasteiger partial charge in [0.1, 0.15) is 18.2 Å². The zero-order chi connectivity index (χ0) is 26.5. The van der Waals surface area contributed by atoms with E-state index >= 15 is 0 Å². The monoisotopic (exact) mass is 509 g/mol. The van der Waals surface area contributed by atoms with Crippen LogP contribution in [0.25, 0.3) is 32.9 Å². The van der Waals surface area contributed by atoms with Crippen LogP contribution in [0.5, 0.6) is 17.2 Å². The second-order valence-corrected chi connectivity index (χ2v) is 9.03. The van der Waals surface area contributed by atoms with E-state index in [9.17, 15) is 0 Å². The van der Waals surface area contributed by atoms with Crippen LogP contribution < -0.4 is 25.3 Å². The lowest BCUT2D eigenvalue weighted by Crippen LogP contribution is -2.33. The highest BCUT2D eigenvalue weighted by atomic mass is 16.5. The highest BCUT2D eigenvalue weighted by molar-refractivity contribution is 6.10. The van der Waals surface area contributed by atoms with Crippen LogP contribution in [-0.2, 0) is 6.54 Å². The molecule has 0 amide bonds. The third-order valence-electron chi connectivity index (χ3n) is 6.60. The molecule has 0 spiro atoms. The Morgan fingerprint density at radius 2 is 1.68 bits per heavy atom. The lowest BCUT2D eigenvalue weighted by Gasteiger charge is -2.18. The van der Waals surface area contributed by atoms with Crippen LogP contribution in [0.1, 0.15) is 18.9 Å². The van der Waals surface area contributed by atoms with Gasteiger partial charge in [0.05, 0.1) is 31.6 Å². The minimum atomic E-state index is 0.208. The van der Waals surface area contributed by atoms with Crippen molar-refractivity contribution in [1.29, 1.82) is 0 Å². The molecule has 3 N–H and O–H groups in total. The van der Waals surface area contributed by atoms with E-state index in [4.69, 9.17) is 19.9 Å². The Balaban J connectivity index is 1.41. The number of anilines is 1. The number of benzene rings is 2. The molecule has 0 saturated heterocycles. The quantitative estimate of drug-likeness (QED) is 0.242. The number of aromatic nitrogens is 3. The molecule has 194 valence electrons. The Bertz CT molecular complexity index is 1560. The molecule has 5 aromatic rings. The maximum atomic E-state index is 6.38. The lowest BCUT2D eigenvalue weighted by molar-refractivity contribution is 0.258. The van der Waals surface area contributed by atoms with Gasteiger partial charge in [-0.05, 0) is 35.6 Å². The molecule has 0 aliphatic heterocycles. The number of pyridine rings is 3. The zero-order valence-electron chi connectivity index (χ0n) is 21.8. The molecule has 1 atom stereocenters. The molecule has 0 aliphatic carbocycles. The average molecular weight is 510 g/mol. The van der Waals surface area contributed by atoms with Gasteiger partial charge in [0.2, 0.25) is 0 Å². The number of nitrogens with two attached hydrogens (primary N) is 1. The Kier molecular flexibility index (Phi) is 7.51. The molecule has 3 heterocycles. The van der Waals surface area contributed by atoms with Crippen LogP contribution in [0.2, 0.25) is 0 Å². The lowest BCUT2D eigenvalue weighted by atomic mass is 10.0. The Morgan fingerprint density at radius 1 is 0.895 bits per heavy atom. The van der Waals surface area contributed by atoms with Gasteiger partial charge in [-0.15, -0.1) is 0 Å². The molecular weight excluding hydrogens is 478 g/mol. The van der Waals surface area contributed by atoms with Crippen LogP contribution in [0.3, 0.4) is 0 Å². The number of nitrogens with one attached hydrogen (secondary N) is 1. The SMILES string of the molecule is CC[C@@H](COc1cncc(-c2cc3c(cnc4cc(OC)c(OC)cc43)c(N)n2)c1)NCc1ccccc1. The van der Waals surface area contributed by atoms with E-state index in [-0.39, 0.29) is 6.04 Å². The van der Waals surface area contributed by atoms with Crippen LogP contribution in [-0.4, -0.2) is 41.8 Å². The van der Waals surface area contributed by atoms with Gasteiger partial charge in [0, 0.05) is 47.4 Å². The predicted molar refractivity (Wildman–Crippen MR) is 151 cm³/mol. The number of fused-ring (bicyclic) bond motifs is 3. The summed E-state index contributed by atoms with van der Waals surface area (Å²) in [5.41, 5.74) is 9.91. The van der Waals surface area contributed by atoms with Crippen molar-refractivity contribution < 1.29 is 14.2 Å². The summed E-state index contributed by atoms with van der Waals surface area (Å²) >= 11 is 0. The van der Waals surface area contributed by atoms with E-state index < -0.39 is 0 Å². The van der Waals surface area contributed by atoms with Crippen LogP contribution in [0.4, 0.5) is 5.82 Å². The highest BCUT2D eigenvalue weighted by Crippen LogP contribution is 2.37. The number of methoxy groups -OCH3 is 2. The maximum Gasteiger partial charge on any atom is 0.162 e. The smallest absolute Gasteiger partial charge is 0.162 e. The molecule has 0 unspecified atom stereocenters. The second kappa shape index (κ2) is 11.3. The minimum Gasteiger partial charge on any atom is -0.493 e. The van der Waals surface area contributed by atoms with Crippen molar-refractivity contribution in [2.45, 2.75) is 25.9 Å². The van der Waals surface area contributed by atoms with Crippen molar-refractivity contribution in [2.75, 3.05) is 26.6 Å². The molecule has 0 saturated carbocycles. The maximum absolute atomic E-state index is 6.38. The molecule has 38 heavy (non-hydrogen) atoms. The van der Waals surface area contributed by atoms with Gasteiger partial charge in [-0.1, -0.05) is 37.3 Å². The van der Waals surface area contributed by atoms with Gasteiger partial charge in [0.15, 0.2) is 11.5 Å². The first-order chi connectivity index (χ1) is 18.6. The average Bonchev–Trinajstić information content (AvgIpc) is 2.97. The Labute approximate surface area is 221 Å². The summed E-state index contributed by atoms with van der Waals surface area (Å²) in [6.07, 6.45) is 6.16. The van der Waals surface area contributed by atoms with Crippen molar-refractivity contribution in [3.05, 3.63) is 78.8 Å². The van der Waals surface area contributed by atoms with Crippen molar-refractivity contribution in [3.63, 3.8) is 0 Å². The molecule has 0 bridgehead atoms. The number of ether oxygens (including phenoxy) is 3. The van der Waals surface area contributed by atoms with E-state index in [0.29, 0.717) is 35.4 Å². The number of nitrogens with zero attached hydrogens (tertiary/aromatic N) is 3. The van der Waals surface area contributed by atoms with E-state index in [1.807, 2.05) is 42.5 Å². The molecule has 8 heteroatoms. The largest absolute Gasteiger partial charge is 0.493 e. The van der Waals surface area contributed by atoms with Gasteiger partial charge in [-0.2, -0.15) is 0 Å².